The molecule has 3 heterocycles. The largest absolute Gasteiger partial charge is 0.372 e. The Balaban J connectivity index is 1.87. The summed E-state index contributed by atoms with van der Waals surface area (Å²) in [5.74, 6) is 1.60. The maximum Gasteiger partial charge on any atom is 0.236 e. The number of carbonyl (C=O) groups excluding carboxylic acids is 1. The van der Waals surface area contributed by atoms with Gasteiger partial charge in [0.05, 0.1) is 24.7 Å². The lowest BCUT2D eigenvalue weighted by Gasteiger charge is -2.31. The molecule has 0 unspecified atom stereocenters. The zero-order valence-corrected chi connectivity index (χ0v) is 12.5. The van der Waals surface area contributed by atoms with E-state index in [1.807, 2.05) is 21.1 Å². The van der Waals surface area contributed by atoms with E-state index in [-0.39, 0.29) is 5.91 Å². The van der Waals surface area contributed by atoms with Crippen LogP contribution in [0.25, 0.3) is 11.0 Å². The highest BCUT2D eigenvalue weighted by Gasteiger charge is 2.22. The Morgan fingerprint density at radius 2 is 2.10 bits per heavy atom. The van der Waals surface area contributed by atoms with E-state index in [0.29, 0.717) is 18.9 Å². The van der Waals surface area contributed by atoms with Crippen molar-refractivity contribution in [1.29, 1.82) is 0 Å². The molecule has 1 amide bonds. The molecule has 1 fully saturated rings. The van der Waals surface area contributed by atoms with Gasteiger partial charge in [-0.15, -0.1) is 0 Å². The number of nitrogens with one attached hydrogen (secondary N) is 1. The van der Waals surface area contributed by atoms with Crippen molar-refractivity contribution >= 4 is 22.8 Å². The first-order chi connectivity index (χ1) is 10.1. The molecular formula is C13H19N7O. The molecule has 2 aromatic heterocycles. The average Bonchev–Trinajstić information content (AvgIpc) is 2.84. The first-order valence-corrected chi connectivity index (χ1v) is 6.91. The predicted octanol–water partition coefficient (Wildman–Crippen LogP) is -0.321. The van der Waals surface area contributed by atoms with Crippen molar-refractivity contribution in [3.05, 3.63) is 12.0 Å². The number of amides is 1. The van der Waals surface area contributed by atoms with Gasteiger partial charge in [0.25, 0.3) is 0 Å². The highest BCUT2D eigenvalue weighted by Crippen LogP contribution is 2.19. The number of piperazine rings is 1. The lowest BCUT2D eigenvalue weighted by Crippen LogP contribution is -2.48. The van der Waals surface area contributed by atoms with E-state index in [9.17, 15) is 4.79 Å². The van der Waals surface area contributed by atoms with Crippen molar-refractivity contribution in [3.63, 3.8) is 0 Å². The maximum atomic E-state index is 11.8. The summed E-state index contributed by atoms with van der Waals surface area (Å²) in [5.41, 5.74) is 0.796. The second-order valence-electron chi connectivity index (χ2n) is 5.27. The van der Waals surface area contributed by atoms with Crippen LogP contribution in [0.15, 0.2) is 6.20 Å². The van der Waals surface area contributed by atoms with E-state index in [0.717, 1.165) is 29.9 Å². The zero-order valence-electron chi connectivity index (χ0n) is 12.5. The number of aryl methyl sites for hydroxylation is 1. The van der Waals surface area contributed by atoms with E-state index >= 15 is 0 Å². The molecule has 0 bridgehead atoms. The number of nitrogens with zero attached hydrogens (tertiary/aromatic N) is 6. The predicted molar refractivity (Wildman–Crippen MR) is 78.8 cm³/mol. The van der Waals surface area contributed by atoms with Crippen LogP contribution in [0, 0.1) is 0 Å². The Morgan fingerprint density at radius 3 is 2.81 bits per heavy atom. The average molecular weight is 289 g/mol. The fraction of sp³-hybridized carbons (Fsp3) is 0.538. The molecule has 3 rings (SSSR count). The van der Waals surface area contributed by atoms with Gasteiger partial charge in [-0.3, -0.25) is 14.4 Å². The van der Waals surface area contributed by atoms with Gasteiger partial charge in [0.2, 0.25) is 5.91 Å². The molecular weight excluding hydrogens is 270 g/mol. The van der Waals surface area contributed by atoms with Gasteiger partial charge in [-0.05, 0) is 0 Å². The molecule has 0 spiro atoms. The normalized spacial score (nSPS) is 16.7. The summed E-state index contributed by atoms with van der Waals surface area (Å²) in [5, 5.41) is 8.19. The molecule has 8 heteroatoms. The number of aromatic nitrogens is 4. The molecule has 1 N–H and O–H groups in total. The van der Waals surface area contributed by atoms with Crippen LogP contribution in [-0.2, 0) is 18.4 Å². The molecule has 2 aromatic rings. The molecule has 112 valence electrons. The standard InChI is InChI=1S/C13H19N7O/c1-14-12-9-6-15-19(3)13(9)17-10(16-12)7-20-5-4-18(2)11(21)8-20/h6H,4-5,7-8H2,1-3H3,(H,14,16,17). The topological polar surface area (TPSA) is 79.2 Å². The molecule has 0 aromatic carbocycles. The number of anilines is 1. The monoisotopic (exact) mass is 289 g/mol. The lowest BCUT2D eigenvalue weighted by atomic mass is 10.3. The molecule has 0 saturated carbocycles. The summed E-state index contributed by atoms with van der Waals surface area (Å²) in [6.45, 7) is 2.56. The number of carbonyl (C=O) groups is 1. The Hall–Kier alpha value is -2.22. The molecule has 8 nitrogen and oxygen atoms in total. The first kappa shape index (κ1) is 13.7. The van der Waals surface area contributed by atoms with Crippen molar-refractivity contribution in [2.75, 3.05) is 39.0 Å². The summed E-state index contributed by atoms with van der Waals surface area (Å²) in [7, 11) is 5.52. The molecule has 1 aliphatic heterocycles. The van der Waals surface area contributed by atoms with Gasteiger partial charge >= 0.3 is 0 Å². The first-order valence-electron chi connectivity index (χ1n) is 6.91. The van der Waals surface area contributed by atoms with Crippen LogP contribution in [0.4, 0.5) is 5.82 Å². The number of hydrogen-bond acceptors (Lipinski definition) is 6. The molecule has 0 aliphatic carbocycles. The molecule has 0 radical (unpaired) electrons. The van der Waals surface area contributed by atoms with Crippen LogP contribution in [0.3, 0.4) is 0 Å². The van der Waals surface area contributed by atoms with E-state index in [4.69, 9.17) is 0 Å². The second-order valence-corrected chi connectivity index (χ2v) is 5.27. The SMILES string of the molecule is CNc1nc(CN2CCN(C)C(=O)C2)nc2c1cnn2C. The highest BCUT2D eigenvalue weighted by molar-refractivity contribution is 5.86. The summed E-state index contributed by atoms with van der Waals surface area (Å²) in [4.78, 5) is 24.7. The van der Waals surface area contributed by atoms with Crippen LogP contribution in [0.1, 0.15) is 5.82 Å². The third-order valence-corrected chi connectivity index (χ3v) is 3.78. The smallest absolute Gasteiger partial charge is 0.236 e. The quantitative estimate of drug-likeness (QED) is 0.834. The minimum atomic E-state index is 0.136. The Bertz CT molecular complexity index is 680. The van der Waals surface area contributed by atoms with E-state index in [2.05, 4.69) is 25.3 Å². The molecule has 21 heavy (non-hydrogen) atoms. The third-order valence-electron chi connectivity index (χ3n) is 3.78. The van der Waals surface area contributed by atoms with Crippen LogP contribution < -0.4 is 5.32 Å². The lowest BCUT2D eigenvalue weighted by molar-refractivity contribution is -0.134. The van der Waals surface area contributed by atoms with Crippen LogP contribution in [0.5, 0.6) is 0 Å². The van der Waals surface area contributed by atoms with E-state index in [1.165, 1.54) is 0 Å². The minimum Gasteiger partial charge on any atom is -0.372 e. The molecule has 1 aliphatic rings. The fourth-order valence-electron chi connectivity index (χ4n) is 2.47. The van der Waals surface area contributed by atoms with Crippen LogP contribution in [-0.4, -0.2) is 69.2 Å². The second kappa shape index (κ2) is 5.28. The summed E-state index contributed by atoms with van der Waals surface area (Å²) >= 11 is 0. The van der Waals surface area contributed by atoms with Crippen LogP contribution in [0.2, 0.25) is 0 Å². The molecule has 1 saturated heterocycles. The number of likely N-dealkylation sites (N-methyl/N-ethyl adjacent to an activating group) is 1. The van der Waals surface area contributed by atoms with Gasteiger partial charge in [0, 0.05) is 34.2 Å². The van der Waals surface area contributed by atoms with Crippen molar-refractivity contribution in [3.8, 4) is 0 Å². The van der Waals surface area contributed by atoms with E-state index < -0.39 is 0 Å². The van der Waals surface area contributed by atoms with Crippen LogP contribution >= 0.6 is 0 Å². The van der Waals surface area contributed by atoms with Crippen molar-refractivity contribution in [2.45, 2.75) is 6.54 Å². The molecule has 0 atom stereocenters. The summed E-state index contributed by atoms with van der Waals surface area (Å²) in [6.07, 6.45) is 1.75. The minimum absolute atomic E-state index is 0.136. The Labute approximate surface area is 122 Å². The van der Waals surface area contributed by atoms with E-state index in [1.54, 1.807) is 15.8 Å². The van der Waals surface area contributed by atoms with Gasteiger partial charge in [-0.1, -0.05) is 0 Å². The number of fused-ring (bicyclic) bond motifs is 1. The highest BCUT2D eigenvalue weighted by atomic mass is 16.2. The third kappa shape index (κ3) is 2.54. The summed E-state index contributed by atoms with van der Waals surface area (Å²) < 4.78 is 1.73. The van der Waals surface area contributed by atoms with Gasteiger partial charge in [0.15, 0.2) is 5.65 Å². The van der Waals surface area contributed by atoms with Gasteiger partial charge in [0.1, 0.15) is 11.6 Å². The number of rotatable bonds is 3. The van der Waals surface area contributed by atoms with Gasteiger partial charge in [-0.2, -0.15) is 5.10 Å². The Kier molecular flexibility index (Phi) is 3.46. The zero-order chi connectivity index (χ0) is 15.0. The maximum absolute atomic E-state index is 11.8. The van der Waals surface area contributed by atoms with Gasteiger partial charge in [-0.25, -0.2) is 9.97 Å². The Morgan fingerprint density at radius 1 is 1.29 bits per heavy atom. The van der Waals surface area contributed by atoms with Crippen molar-refractivity contribution in [2.24, 2.45) is 7.05 Å². The van der Waals surface area contributed by atoms with Crippen molar-refractivity contribution < 1.29 is 4.79 Å². The van der Waals surface area contributed by atoms with Gasteiger partial charge < -0.3 is 10.2 Å². The number of hydrogen-bond donors (Lipinski definition) is 1. The summed E-state index contributed by atoms with van der Waals surface area (Å²) in [6, 6.07) is 0. The van der Waals surface area contributed by atoms with Crippen molar-refractivity contribution in [1.82, 2.24) is 29.5 Å². The fourth-order valence-corrected chi connectivity index (χ4v) is 2.47.